The first-order chi connectivity index (χ1) is 18.1. The van der Waals surface area contributed by atoms with Crippen molar-refractivity contribution in [2.45, 2.75) is 0 Å². The lowest BCUT2D eigenvalue weighted by Gasteiger charge is -2.26. The molecule has 6 rings (SSSR count). The van der Waals surface area contributed by atoms with Gasteiger partial charge in [0.05, 0.1) is 18.7 Å². The summed E-state index contributed by atoms with van der Waals surface area (Å²) in [6.45, 7) is 4.40. The Morgan fingerprint density at radius 2 is 1.70 bits per heavy atom. The summed E-state index contributed by atoms with van der Waals surface area (Å²) in [5.74, 6) is -1.08. The van der Waals surface area contributed by atoms with Crippen LogP contribution in [-0.2, 0) is 4.74 Å². The molecule has 0 radical (unpaired) electrons. The molecule has 7 heteroatoms. The van der Waals surface area contributed by atoms with E-state index in [2.05, 4.69) is 9.88 Å². The lowest BCUT2D eigenvalue weighted by Crippen LogP contribution is -2.38. The molecular formula is C30H24F2N2O3. The van der Waals surface area contributed by atoms with Crippen LogP contribution in [0, 0.1) is 11.6 Å². The summed E-state index contributed by atoms with van der Waals surface area (Å²) in [5, 5.41) is 0.863. The Morgan fingerprint density at radius 3 is 2.54 bits per heavy atom. The summed E-state index contributed by atoms with van der Waals surface area (Å²) >= 11 is 0. The summed E-state index contributed by atoms with van der Waals surface area (Å²) in [4.78, 5) is 20.6. The molecule has 5 nitrogen and oxygen atoms in total. The number of carbonyl (C=O) groups is 1. The Morgan fingerprint density at radius 1 is 0.892 bits per heavy atom. The number of allylic oxidation sites excluding steroid dienone is 1. The number of nitrogens with zero attached hydrogens (tertiary/aromatic N) is 2. The average Bonchev–Trinajstić information content (AvgIpc) is 3.20. The number of morpholine rings is 1. The van der Waals surface area contributed by atoms with Gasteiger partial charge >= 0.3 is 0 Å². The van der Waals surface area contributed by atoms with Crippen molar-refractivity contribution in [1.29, 1.82) is 0 Å². The molecule has 2 aliphatic rings. The number of Topliss-reactive ketones (excluding diaryl/α,β-unsaturated/α-hetero) is 1. The third-order valence-electron chi connectivity index (χ3n) is 6.84. The Balaban J connectivity index is 1.39. The number of carbonyl (C=O) groups excluding carboxylic acids is 1. The first-order valence-corrected chi connectivity index (χ1v) is 12.3. The number of halogens is 2. The number of hydrogen-bond donors (Lipinski definition) is 0. The highest BCUT2D eigenvalue weighted by molar-refractivity contribution is 6.41. The summed E-state index contributed by atoms with van der Waals surface area (Å²) in [7, 11) is 0. The fraction of sp³-hybridized carbons (Fsp3) is 0.200. The van der Waals surface area contributed by atoms with Gasteiger partial charge in [0, 0.05) is 65.1 Å². The molecule has 0 saturated carbocycles. The van der Waals surface area contributed by atoms with E-state index in [1.807, 2.05) is 30.3 Å². The molecule has 1 fully saturated rings. The largest absolute Gasteiger partial charge is 0.492 e. The molecule has 1 aliphatic carbocycles. The molecule has 0 unspecified atom stereocenters. The van der Waals surface area contributed by atoms with Crippen LogP contribution in [0.1, 0.15) is 27.0 Å². The molecule has 37 heavy (non-hydrogen) atoms. The zero-order valence-electron chi connectivity index (χ0n) is 20.0. The molecule has 4 aromatic rings. The molecule has 1 aromatic heterocycles. The number of fused-ring (bicyclic) bond motifs is 2. The van der Waals surface area contributed by atoms with E-state index in [1.165, 1.54) is 12.1 Å². The summed E-state index contributed by atoms with van der Waals surface area (Å²) < 4.78 is 40.1. The zero-order valence-corrected chi connectivity index (χ0v) is 20.0. The van der Waals surface area contributed by atoms with Crippen molar-refractivity contribution in [3.05, 3.63) is 107 Å². The van der Waals surface area contributed by atoms with Crippen LogP contribution >= 0.6 is 0 Å². The Kier molecular flexibility index (Phi) is 6.24. The van der Waals surface area contributed by atoms with Crippen LogP contribution in [0.5, 0.6) is 5.75 Å². The molecular weight excluding hydrogens is 474 g/mol. The van der Waals surface area contributed by atoms with Gasteiger partial charge in [0.2, 0.25) is 0 Å². The van der Waals surface area contributed by atoms with Gasteiger partial charge < -0.3 is 9.47 Å². The molecule has 0 amide bonds. The Hall–Kier alpha value is -3.94. The Bertz CT molecular complexity index is 1540. The van der Waals surface area contributed by atoms with Crippen LogP contribution in [-0.4, -0.2) is 55.1 Å². The molecule has 2 heterocycles. The molecule has 186 valence electrons. The number of rotatable bonds is 6. The number of hydrogen-bond acceptors (Lipinski definition) is 5. The van der Waals surface area contributed by atoms with Crippen LogP contribution in [0.15, 0.2) is 72.9 Å². The molecule has 0 bridgehead atoms. The van der Waals surface area contributed by atoms with Crippen molar-refractivity contribution in [3.8, 4) is 5.75 Å². The van der Waals surface area contributed by atoms with E-state index in [0.717, 1.165) is 36.6 Å². The second-order valence-corrected chi connectivity index (χ2v) is 9.13. The molecule has 0 atom stereocenters. The Labute approximate surface area is 213 Å². The maximum absolute atomic E-state index is 15.0. The predicted molar refractivity (Wildman–Crippen MR) is 138 cm³/mol. The first kappa shape index (κ1) is 23.5. The van der Waals surface area contributed by atoms with Crippen molar-refractivity contribution in [1.82, 2.24) is 9.88 Å². The topological polar surface area (TPSA) is 51.7 Å². The van der Waals surface area contributed by atoms with Gasteiger partial charge in [0.1, 0.15) is 24.0 Å². The summed E-state index contributed by atoms with van der Waals surface area (Å²) in [6, 6.07) is 18.2. The highest BCUT2D eigenvalue weighted by Gasteiger charge is 2.33. The van der Waals surface area contributed by atoms with E-state index >= 15 is 4.39 Å². The monoisotopic (exact) mass is 498 g/mol. The summed E-state index contributed by atoms with van der Waals surface area (Å²) in [6.07, 6.45) is 1.63. The van der Waals surface area contributed by atoms with Gasteiger partial charge in [-0.05, 0) is 48.0 Å². The highest BCUT2D eigenvalue weighted by atomic mass is 19.1. The SMILES string of the molecule is O=C1C(c2cnc3ccccc3c2)=C(c2ccc(F)cc2F)c2ccc(OCCN3CCOCC3)cc21. The quantitative estimate of drug-likeness (QED) is 0.357. The van der Waals surface area contributed by atoms with Gasteiger partial charge in [-0.25, -0.2) is 8.78 Å². The number of ketones is 1. The highest BCUT2D eigenvalue weighted by Crippen LogP contribution is 2.44. The van der Waals surface area contributed by atoms with Crippen LogP contribution < -0.4 is 4.74 Å². The smallest absolute Gasteiger partial charge is 0.195 e. The minimum atomic E-state index is -0.729. The fourth-order valence-corrected chi connectivity index (χ4v) is 4.97. The minimum Gasteiger partial charge on any atom is -0.492 e. The fourth-order valence-electron chi connectivity index (χ4n) is 4.97. The standard InChI is InChI=1S/C30H24F2N2O3/c31-21-5-7-24(26(32)16-21)29-23-8-6-22(37-14-11-34-9-12-36-13-10-34)17-25(23)30(35)28(29)20-15-19-3-1-2-4-27(19)33-18-20/h1-8,15-18H,9-14H2. The molecule has 0 N–H and O–H groups in total. The van der Waals surface area contributed by atoms with E-state index in [-0.39, 0.29) is 11.3 Å². The van der Waals surface area contributed by atoms with E-state index in [4.69, 9.17) is 9.47 Å². The third-order valence-corrected chi connectivity index (χ3v) is 6.84. The van der Waals surface area contributed by atoms with E-state index in [1.54, 1.807) is 24.4 Å². The van der Waals surface area contributed by atoms with Gasteiger partial charge in [-0.2, -0.15) is 0 Å². The first-order valence-electron chi connectivity index (χ1n) is 12.3. The van der Waals surface area contributed by atoms with Crippen molar-refractivity contribution in [3.63, 3.8) is 0 Å². The van der Waals surface area contributed by atoms with Gasteiger partial charge in [-0.15, -0.1) is 0 Å². The number of aromatic nitrogens is 1. The number of benzene rings is 3. The van der Waals surface area contributed by atoms with Crippen molar-refractivity contribution < 1.29 is 23.0 Å². The van der Waals surface area contributed by atoms with Crippen LogP contribution in [0.4, 0.5) is 8.78 Å². The van der Waals surface area contributed by atoms with Gasteiger partial charge in [-0.3, -0.25) is 14.7 Å². The molecule has 3 aromatic carbocycles. The van der Waals surface area contributed by atoms with E-state index in [9.17, 15) is 9.18 Å². The maximum atomic E-state index is 15.0. The average molecular weight is 499 g/mol. The van der Waals surface area contributed by atoms with Gasteiger partial charge in [0.15, 0.2) is 5.78 Å². The number of pyridine rings is 1. The normalized spacial score (nSPS) is 15.9. The molecule has 0 spiro atoms. The molecule has 1 aliphatic heterocycles. The maximum Gasteiger partial charge on any atom is 0.195 e. The number of para-hydroxylation sites is 1. The van der Waals surface area contributed by atoms with E-state index < -0.39 is 11.6 Å². The van der Waals surface area contributed by atoms with Crippen LogP contribution in [0.2, 0.25) is 0 Å². The third kappa shape index (κ3) is 4.52. The second kappa shape index (κ2) is 9.84. The predicted octanol–water partition coefficient (Wildman–Crippen LogP) is 5.38. The van der Waals surface area contributed by atoms with E-state index in [0.29, 0.717) is 53.4 Å². The summed E-state index contributed by atoms with van der Waals surface area (Å²) in [5.41, 5.74) is 3.30. The molecule has 1 saturated heterocycles. The number of ether oxygens (including phenoxy) is 2. The van der Waals surface area contributed by atoms with Crippen LogP contribution in [0.3, 0.4) is 0 Å². The van der Waals surface area contributed by atoms with Crippen molar-refractivity contribution in [2.75, 3.05) is 39.5 Å². The van der Waals surface area contributed by atoms with Gasteiger partial charge in [-0.1, -0.05) is 18.2 Å². The van der Waals surface area contributed by atoms with Crippen molar-refractivity contribution in [2.24, 2.45) is 0 Å². The van der Waals surface area contributed by atoms with Crippen LogP contribution in [0.25, 0.3) is 22.0 Å². The minimum absolute atomic E-state index is 0.164. The second-order valence-electron chi connectivity index (χ2n) is 9.13. The van der Waals surface area contributed by atoms with Gasteiger partial charge in [0.25, 0.3) is 0 Å². The lowest BCUT2D eigenvalue weighted by atomic mass is 9.94. The lowest BCUT2D eigenvalue weighted by molar-refractivity contribution is 0.0322. The zero-order chi connectivity index (χ0) is 25.4. The van der Waals surface area contributed by atoms with Crippen molar-refractivity contribution >= 4 is 27.8 Å².